The minimum absolute atomic E-state index is 0.242. The summed E-state index contributed by atoms with van der Waals surface area (Å²) in [4.78, 5) is 0. The minimum atomic E-state index is 0.242. The molecule has 2 heteroatoms. The molecule has 1 aromatic carbocycles. The van der Waals surface area contributed by atoms with Crippen molar-refractivity contribution in [2.24, 2.45) is 0 Å². The van der Waals surface area contributed by atoms with Gasteiger partial charge < -0.3 is 0 Å². The molecule has 0 radical (unpaired) electrons. The van der Waals surface area contributed by atoms with E-state index < -0.39 is 0 Å². The molecule has 0 saturated carbocycles. The molecular weight excluding hydrogens is 166 g/mol. The molecule has 0 bridgehead atoms. The SMILES string of the molecule is N#CSC1C=Cc2ccccc21. The van der Waals surface area contributed by atoms with Crippen LogP contribution >= 0.6 is 11.8 Å². The maximum atomic E-state index is 8.53. The highest BCUT2D eigenvalue weighted by Crippen LogP contribution is 2.37. The summed E-state index contributed by atoms with van der Waals surface area (Å²) in [5.74, 6) is 0. The molecule has 0 heterocycles. The molecule has 0 amide bonds. The zero-order valence-corrected chi connectivity index (χ0v) is 7.21. The number of nitrogens with zero attached hydrogens (tertiary/aromatic N) is 1. The third-order valence-corrected chi connectivity index (χ3v) is 2.70. The fourth-order valence-corrected chi connectivity index (χ4v) is 1.99. The molecule has 0 aliphatic heterocycles. The summed E-state index contributed by atoms with van der Waals surface area (Å²) in [6.07, 6.45) is 4.14. The molecule has 1 aliphatic rings. The van der Waals surface area contributed by atoms with Crippen molar-refractivity contribution >= 4 is 17.8 Å². The van der Waals surface area contributed by atoms with E-state index in [2.05, 4.69) is 29.7 Å². The smallest absolute Gasteiger partial charge is 0.134 e. The van der Waals surface area contributed by atoms with Crippen LogP contribution in [0.1, 0.15) is 16.4 Å². The Balaban J connectivity index is 2.37. The van der Waals surface area contributed by atoms with Crippen LogP contribution in [0.4, 0.5) is 0 Å². The summed E-state index contributed by atoms with van der Waals surface area (Å²) in [7, 11) is 0. The van der Waals surface area contributed by atoms with E-state index in [1.165, 1.54) is 22.9 Å². The second-order valence-corrected chi connectivity index (χ2v) is 3.54. The molecule has 0 fully saturated rings. The van der Waals surface area contributed by atoms with Gasteiger partial charge in [-0.3, -0.25) is 0 Å². The van der Waals surface area contributed by atoms with Crippen molar-refractivity contribution in [1.82, 2.24) is 0 Å². The lowest BCUT2D eigenvalue weighted by molar-refractivity contribution is 1.27. The maximum absolute atomic E-state index is 8.53. The highest BCUT2D eigenvalue weighted by Gasteiger charge is 2.16. The molecular formula is C10H7NS. The molecule has 1 aliphatic carbocycles. The van der Waals surface area contributed by atoms with Crippen LogP contribution < -0.4 is 0 Å². The van der Waals surface area contributed by atoms with Crippen molar-refractivity contribution in [2.45, 2.75) is 5.25 Å². The lowest BCUT2D eigenvalue weighted by Crippen LogP contribution is -1.85. The van der Waals surface area contributed by atoms with Gasteiger partial charge in [-0.25, -0.2) is 0 Å². The highest BCUT2D eigenvalue weighted by atomic mass is 32.2. The Bertz CT molecular complexity index is 362. The predicted octanol–water partition coefficient (Wildman–Crippen LogP) is 2.97. The number of nitriles is 1. The average Bonchev–Trinajstić information content (AvgIpc) is 2.50. The lowest BCUT2D eigenvalue weighted by atomic mass is 10.1. The van der Waals surface area contributed by atoms with Crippen molar-refractivity contribution in [1.29, 1.82) is 5.26 Å². The maximum Gasteiger partial charge on any atom is 0.134 e. The molecule has 0 N–H and O–H groups in total. The number of hydrogen-bond acceptors (Lipinski definition) is 2. The van der Waals surface area contributed by atoms with Gasteiger partial charge in [0.2, 0.25) is 0 Å². The normalized spacial score (nSPS) is 18.8. The van der Waals surface area contributed by atoms with Gasteiger partial charge in [0.05, 0.1) is 5.25 Å². The van der Waals surface area contributed by atoms with Crippen LogP contribution in [0.5, 0.6) is 0 Å². The Labute approximate surface area is 75.7 Å². The van der Waals surface area contributed by atoms with Crippen LogP contribution in [0.25, 0.3) is 6.08 Å². The van der Waals surface area contributed by atoms with Gasteiger partial charge >= 0.3 is 0 Å². The first-order valence-electron chi connectivity index (χ1n) is 3.73. The summed E-state index contributed by atoms with van der Waals surface area (Å²) < 4.78 is 0. The van der Waals surface area contributed by atoms with Crippen LogP contribution in [-0.4, -0.2) is 0 Å². The number of benzene rings is 1. The molecule has 0 aromatic heterocycles. The standard InChI is InChI=1S/C10H7NS/c11-7-12-10-6-5-8-3-1-2-4-9(8)10/h1-6,10H. The van der Waals surface area contributed by atoms with Gasteiger partial charge in [0.25, 0.3) is 0 Å². The van der Waals surface area contributed by atoms with Crippen molar-refractivity contribution in [2.75, 3.05) is 0 Å². The summed E-state index contributed by atoms with van der Waals surface area (Å²) in [6, 6.07) is 8.17. The van der Waals surface area contributed by atoms with Crippen molar-refractivity contribution < 1.29 is 0 Å². The molecule has 1 unspecified atom stereocenters. The van der Waals surface area contributed by atoms with Gasteiger partial charge in [0.1, 0.15) is 5.40 Å². The van der Waals surface area contributed by atoms with E-state index in [0.717, 1.165) is 0 Å². The number of hydrogen-bond donors (Lipinski definition) is 0. The Hall–Kier alpha value is -1.20. The van der Waals surface area contributed by atoms with E-state index in [4.69, 9.17) is 5.26 Å². The second kappa shape index (κ2) is 3.04. The molecule has 1 atom stereocenters. The van der Waals surface area contributed by atoms with Crippen LogP contribution in [0, 0.1) is 10.7 Å². The van der Waals surface area contributed by atoms with Crippen LogP contribution in [0.2, 0.25) is 0 Å². The van der Waals surface area contributed by atoms with E-state index in [1.807, 2.05) is 12.1 Å². The highest BCUT2D eigenvalue weighted by molar-refractivity contribution is 8.04. The Morgan fingerprint density at radius 2 is 2.17 bits per heavy atom. The summed E-state index contributed by atoms with van der Waals surface area (Å²) in [6.45, 7) is 0. The summed E-state index contributed by atoms with van der Waals surface area (Å²) >= 11 is 1.30. The first-order chi connectivity index (χ1) is 5.92. The topological polar surface area (TPSA) is 23.8 Å². The molecule has 1 nitrogen and oxygen atoms in total. The number of thioether (sulfide) groups is 1. The van der Waals surface area contributed by atoms with Crippen LogP contribution in [0.3, 0.4) is 0 Å². The fourth-order valence-electron chi connectivity index (χ4n) is 1.38. The second-order valence-electron chi connectivity index (χ2n) is 2.62. The van der Waals surface area contributed by atoms with Gasteiger partial charge in [0, 0.05) is 0 Å². The third-order valence-electron chi connectivity index (χ3n) is 1.93. The Morgan fingerprint density at radius 1 is 1.33 bits per heavy atom. The van der Waals surface area contributed by atoms with Gasteiger partial charge in [-0.05, 0) is 22.9 Å². The van der Waals surface area contributed by atoms with E-state index in [-0.39, 0.29) is 5.25 Å². The summed E-state index contributed by atoms with van der Waals surface area (Å²) in [5.41, 5.74) is 2.49. The van der Waals surface area contributed by atoms with Crippen molar-refractivity contribution in [3.05, 3.63) is 41.5 Å². The molecule has 0 spiro atoms. The molecule has 0 saturated heterocycles. The molecule has 12 heavy (non-hydrogen) atoms. The molecule has 2 rings (SSSR count). The van der Waals surface area contributed by atoms with Gasteiger partial charge in [0.15, 0.2) is 0 Å². The monoisotopic (exact) mass is 173 g/mol. The minimum Gasteiger partial charge on any atom is -0.185 e. The Kier molecular flexibility index (Phi) is 1.89. The molecule has 58 valence electrons. The first kappa shape index (κ1) is 7.45. The van der Waals surface area contributed by atoms with E-state index >= 15 is 0 Å². The zero-order valence-electron chi connectivity index (χ0n) is 6.40. The van der Waals surface area contributed by atoms with Crippen molar-refractivity contribution in [3.63, 3.8) is 0 Å². The molecule has 1 aromatic rings. The number of fused-ring (bicyclic) bond motifs is 1. The summed E-state index contributed by atoms with van der Waals surface area (Å²) in [5, 5.41) is 10.9. The van der Waals surface area contributed by atoms with E-state index in [9.17, 15) is 0 Å². The number of rotatable bonds is 1. The Morgan fingerprint density at radius 3 is 3.00 bits per heavy atom. The fraction of sp³-hybridized carbons (Fsp3) is 0.100. The van der Waals surface area contributed by atoms with Gasteiger partial charge in [-0.2, -0.15) is 5.26 Å². The first-order valence-corrected chi connectivity index (χ1v) is 4.61. The largest absolute Gasteiger partial charge is 0.185 e. The van der Waals surface area contributed by atoms with Crippen molar-refractivity contribution in [3.8, 4) is 5.40 Å². The number of thiocyanates is 1. The van der Waals surface area contributed by atoms with E-state index in [0.29, 0.717) is 0 Å². The quantitative estimate of drug-likeness (QED) is 0.609. The van der Waals surface area contributed by atoms with E-state index in [1.54, 1.807) is 0 Å². The lowest BCUT2D eigenvalue weighted by Gasteiger charge is -2.03. The van der Waals surface area contributed by atoms with Crippen LogP contribution in [-0.2, 0) is 0 Å². The third kappa shape index (κ3) is 1.13. The van der Waals surface area contributed by atoms with Gasteiger partial charge in [-0.15, -0.1) is 0 Å². The van der Waals surface area contributed by atoms with Crippen LogP contribution in [0.15, 0.2) is 30.3 Å². The van der Waals surface area contributed by atoms with Gasteiger partial charge in [-0.1, -0.05) is 36.4 Å². The zero-order chi connectivity index (χ0) is 8.39. The predicted molar refractivity (Wildman–Crippen MR) is 51.4 cm³/mol. The average molecular weight is 173 g/mol.